The summed E-state index contributed by atoms with van der Waals surface area (Å²) >= 11 is 0. The van der Waals surface area contributed by atoms with Gasteiger partial charge in [0, 0.05) is 18.8 Å². The summed E-state index contributed by atoms with van der Waals surface area (Å²) in [5, 5.41) is 9.86. The average Bonchev–Trinajstić information content (AvgIpc) is 2.83. The first-order chi connectivity index (χ1) is 9.54. The van der Waals surface area contributed by atoms with Crippen molar-refractivity contribution in [3.63, 3.8) is 0 Å². The smallest absolute Gasteiger partial charge is 0.258 e. The zero-order valence-corrected chi connectivity index (χ0v) is 11.3. The second-order valence-electron chi connectivity index (χ2n) is 5.21. The van der Waals surface area contributed by atoms with Crippen LogP contribution in [0.15, 0.2) is 36.4 Å². The molecule has 0 saturated heterocycles. The monoisotopic (exact) mass is 268 g/mol. The molecular formula is C16H16N2O2. The van der Waals surface area contributed by atoms with Crippen molar-refractivity contribution in [3.8, 4) is 5.75 Å². The summed E-state index contributed by atoms with van der Waals surface area (Å²) in [4.78, 5) is 14.2. The number of fused-ring (bicyclic) bond motifs is 1. The molecule has 3 rings (SSSR count). The van der Waals surface area contributed by atoms with Crippen LogP contribution in [-0.4, -0.2) is 15.9 Å². The molecule has 4 nitrogen and oxygen atoms in total. The molecule has 0 unspecified atom stereocenters. The molecule has 0 atom stereocenters. The molecule has 0 aliphatic carbocycles. The Morgan fingerprint density at radius 3 is 2.70 bits per heavy atom. The zero-order valence-electron chi connectivity index (χ0n) is 11.3. The number of nitrogens with two attached hydrogens (primary N) is 1. The van der Waals surface area contributed by atoms with E-state index < -0.39 is 0 Å². The largest absolute Gasteiger partial charge is 0.507 e. The Kier molecular flexibility index (Phi) is 2.86. The van der Waals surface area contributed by atoms with Gasteiger partial charge in [-0.3, -0.25) is 4.79 Å². The van der Waals surface area contributed by atoms with Crippen LogP contribution < -0.4 is 5.73 Å². The fourth-order valence-corrected chi connectivity index (χ4v) is 2.55. The summed E-state index contributed by atoms with van der Waals surface area (Å²) in [5.41, 5.74) is 9.96. The molecule has 102 valence electrons. The lowest BCUT2D eigenvalue weighted by Crippen LogP contribution is -2.25. The van der Waals surface area contributed by atoms with E-state index in [0.717, 1.165) is 16.7 Å². The third-order valence-electron chi connectivity index (χ3n) is 3.62. The topological polar surface area (TPSA) is 66.6 Å². The molecule has 0 saturated carbocycles. The first-order valence-corrected chi connectivity index (χ1v) is 6.51. The van der Waals surface area contributed by atoms with Crippen LogP contribution in [0.5, 0.6) is 5.75 Å². The Morgan fingerprint density at radius 1 is 1.15 bits per heavy atom. The van der Waals surface area contributed by atoms with Gasteiger partial charge in [0.1, 0.15) is 5.75 Å². The van der Waals surface area contributed by atoms with E-state index in [1.807, 2.05) is 25.1 Å². The highest BCUT2D eigenvalue weighted by Crippen LogP contribution is 2.28. The fraction of sp³-hybridized carbons (Fsp3) is 0.188. The van der Waals surface area contributed by atoms with E-state index in [0.29, 0.717) is 24.3 Å². The molecular weight excluding hydrogens is 252 g/mol. The molecule has 20 heavy (non-hydrogen) atoms. The van der Waals surface area contributed by atoms with Crippen molar-refractivity contribution >= 4 is 11.6 Å². The molecule has 1 aliphatic heterocycles. The van der Waals surface area contributed by atoms with Crippen molar-refractivity contribution in [1.29, 1.82) is 0 Å². The first-order valence-electron chi connectivity index (χ1n) is 6.51. The van der Waals surface area contributed by atoms with Gasteiger partial charge >= 0.3 is 0 Å². The standard InChI is InChI=1S/C16H16N2O2/c1-10-2-5-15(19)14(6-10)16(20)18-8-11-3-4-13(17)7-12(11)9-18/h2-7,19H,8-9,17H2,1H3. The Morgan fingerprint density at radius 2 is 1.90 bits per heavy atom. The number of hydrogen-bond acceptors (Lipinski definition) is 3. The number of nitrogens with zero attached hydrogens (tertiary/aromatic N) is 1. The number of benzene rings is 2. The van der Waals surface area contributed by atoms with E-state index in [2.05, 4.69) is 0 Å². The van der Waals surface area contributed by atoms with Crippen molar-refractivity contribution in [3.05, 3.63) is 58.7 Å². The molecule has 3 N–H and O–H groups in total. The molecule has 0 bridgehead atoms. The van der Waals surface area contributed by atoms with E-state index in [1.165, 1.54) is 0 Å². The summed E-state index contributed by atoms with van der Waals surface area (Å²) in [7, 11) is 0. The van der Waals surface area contributed by atoms with Crippen LogP contribution >= 0.6 is 0 Å². The molecule has 1 aliphatic rings. The van der Waals surface area contributed by atoms with Crippen LogP contribution in [-0.2, 0) is 13.1 Å². The van der Waals surface area contributed by atoms with E-state index in [1.54, 1.807) is 23.1 Å². The predicted molar refractivity (Wildman–Crippen MR) is 77.3 cm³/mol. The minimum absolute atomic E-state index is 0.0241. The van der Waals surface area contributed by atoms with Crippen molar-refractivity contribution in [2.75, 3.05) is 5.73 Å². The second-order valence-corrected chi connectivity index (χ2v) is 5.21. The number of aromatic hydroxyl groups is 1. The number of nitrogen functional groups attached to an aromatic ring is 1. The predicted octanol–water partition coefficient (Wildman–Crippen LogP) is 2.44. The normalized spacial score (nSPS) is 13.3. The van der Waals surface area contributed by atoms with Gasteiger partial charge in [-0.2, -0.15) is 0 Å². The van der Waals surface area contributed by atoms with Gasteiger partial charge in [-0.15, -0.1) is 0 Å². The minimum atomic E-state index is -0.152. The van der Waals surface area contributed by atoms with E-state index in [9.17, 15) is 9.90 Å². The van der Waals surface area contributed by atoms with Gasteiger partial charge in [0.05, 0.1) is 5.56 Å². The van der Waals surface area contributed by atoms with Gasteiger partial charge in [0.2, 0.25) is 0 Å². The number of phenols is 1. The maximum atomic E-state index is 12.5. The van der Waals surface area contributed by atoms with Crippen LogP contribution in [0.1, 0.15) is 27.0 Å². The number of amides is 1. The number of anilines is 1. The van der Waals surface area contributed by atoms with Crippen molar-refractivity contribution in [2.45, 2.75) is 20.0 Å². The summed E-state index contributed by atoms with van der Waals surface area (Å²) < 4.78 is 0. The number of rotatable bonds is 1. The summed E-state index contributed by atoms with van der Waals surface area (Å²) in [6.07, 6.45) is 0. The van der Waals surface area contributed by atoms with E-state index in [4.69, 9.17) is 5.73 Å². The van der Waals surface area contributed by atoms with Crippen molar-refractivity contribution in [2.24, 2.45) is 0 Å². The number of phenolic OH excluding ortho intramolecular Hbond substituents is 1. The van der Waals surface area contributed by atoms with Crippen LogP contribution in [0.2, 0.25) is 0 Å². The number of carbonyl (C=O) groups is 1. The van der Waals surface area contributed by atoms with Gasteiger partial charge in [-0.25, -0.2) is 0 Å². The van der Waals surface area contributed by atoms with Gasteiger partial charge in [0.25, 0.3) is 5.91 Å². The van der Waals surface area contributed by atoms with Crippen LogP contribution in [0.4, 0.5) is 5.69 Å². The molecule has 2 aromatic rings. The number of aryl methyl sites for hydroxylation is 1. The molecule has 0 aromatic heterocycles. The third-order valence-corrected chi connectivity index (χ3v) is 3.62. The number of hydrogen-bond donors (Lipinski definition) is 2. The van der Waals surface area contributed by atoms with Gasteiger partial charge in [0.15, 0.2) is 0 Å². The summed E-state index contributed by atoms with van der Waals surface area (Å²) in [6, 6.07) is 10.8. The molecule has 1 amide bonds. The molecule has 1 heterocycles. The van der Waals surface area contributed by atoms with E-state index >= 15 is 0 Å². The first kappa shape index (κ1) is 12.5. The lowest BCUT2D eigenvalue weighted by atomic mass is 10.1. The highest BCUT2D eigenvalue weighted by atomic mass is 16.3. The van der Waals surface area contributed by atoms with Crippen molar-refractivity contribution < 1.29 is 9.90 Å². The Hall–Kier alpha value is -2.49. The molecule has 4 heteroatoms. The van der Waals surface area contributed by atoms with Gasteiger partial charge in [-0.1, -0.05) is 17.7 Å². The van der Waals surface area contributed by atoms with Crippen LogP contribution in [0.3, 0.4) is 0 Å². The van der Waals surface area contributed by atoms with Crippen molar-refractivity contribution in [1.82, 2.24) is 4.90 Å². The van der Waals surface area contributed by atoms with Crippen LogP contribution in [0.25, 0.3) is 0 Å². The fourth-order valence-electron chi connectivity index (χ4n) is 2.55. The molecule has 0 spiro atoms. The Balaban J connectivity index is 1.89. The van der Waals surface area contributed by atoms with E-state index in [-0.39, 0.29) is 11.7 Å². The highest BCUT2D eigenvalue weighted by molar-refractivity contribution is 5.97. The zero-order chi connectivity index (χ0) is 14.3. The second kappa shape index (κ2) is 4.56. The lowest BCUT2D eigenvalue weighted by Gasteiger charge is -2.16. The average molecular weight is 268 g/mol. The maximum absolute atomic E-state index is 12.5. The Labute approximate surface area is 117 Å². The lowest BCUT2D eigenvalue weighted by molar-refractivity contribution is 0.0748. The minimum Gasteiger partial charge on any atom is -0.507 e. The molecule has 2 aromatic carbocycles. The Bertz CT molecular complexity index is 695. The molecule has 0 fully saturated rings. The SMILES string of the molecule is Cc1ccc(O)c(C(=O)N2Cc3ccc(N)cc3C2)c1. The van der Waals surface area contributed by atoms with Gasteiger partial charge in [-0.05, 0) is 42.3 Å². The molecule has 0 radical (unpaired) electrons. The quantitative estimate of drug-likeness (QED) is 0.781. The highest BCUT2D eigenvalue weighted by Gasteiger charge is 2.25. The summed E-state index contributed by atoms with van der Waals surface area (Å²) in [5.74, 6) is -0.128. The maximum Gasteiger partial charge on any atom is 0.258 e. The third kappa shape index (κ3) is 2.09. The van der Waals surface area contributed by atoms with Crippen LogP contribution in [0, 0.1) is 6.92 Å². The number of carbonyl (C=O) groups excluding carboxylic acids is 1. The van der Waals surface area contributed by atoms with Gasteiger partial charge < -0.3 is 15.7 Å². The summed E-state index contributed by atoms with van der Waals surface area (Å²) in [6.45, 7) is 2.99.